The van der Waals surface area contributed by atoms with Gasteiger partial charge in [0.1, 0.15) is 0 Å². The molecule has 0 saturated carbocycles. The van der Waals surface area contributed by atoms with Gasteiger partial charge >= 0.3 is 86.2 Å². The third kappa shape index (κ3) is 116. The molecule has 0 spiro atoms. The van der Waals surface area contributed by atoms with Crippen LogP contribution >= 0.6 is 0 Å². The Bertz CT molecular complexity index is 71.6. The van der Waals surface area contributed by atoms with E-state index in [-0.39, 0.29) is 52.8 Å². The molecule has 0 rings (SSSR count). The van der Waals surface area contributed by atoms with Crippen molar-refractivity contribution in [2.24, 2.45) is 0 Å². The molecule has 0 amide bonds. The first kappa shape index (κ1) is 12.4. The van der Waals surface area contributed by atoms with Crippen molar-refractivity contribution >= 4 is 0 Å². The largest absolute Gasteiger partial charge is 1.00 e. The Balaban J connectivity index is -0.000000180. The Morgan fingerprint density at radius 2 is 0.750 bits per heavy atom. The van der Waals surface area contributed by atoms with Gasteiger partial charge in [-0.05, 0) is 0 Å². The fraction of sp³-hybridized carbons (Fsp3) is 0. The van der Waals surface area contributed by atoms with Gasteiger partial charge in [-0.15, -0.1) is 0 Å². The molecule has 0 aromatic heterocycles. The number of hydrogen-bond acceptors (Lipinski definition) is 0. The molecule has 0 unspecified atom stereocenters. The molecule has 0 saturated heterocycles. The van der Waals surface area contributed by atoms with E-state index in [0.717, 1.165) is 0 Å². The van der Waals surface area contributed by atoms with E-state index in [0.29, 0.717) is 0 Å². The zero-order valence-corrected chi connectivity index (χ0v) is 7.95. The van der Waals surface area contributed by atoms with E-state index >= 15 is 0 Å². The Labute approximate surface area is 86.2 Å². The maximum absolute atomic E-state index is 10.9. The van der Waals surface area contributed by atoms with Gasteiger partial charge in [-0.3, -0.25) is 0 Å². The van der Waals surface area contributed by atoms with Crippen LogP contribution in [-0.4, -0.2) is 0 Å². The van der Waals surface area contributed by atoms with Crippen molar-refractivity contribution in [1.29, 1.82) is 0 Å². The first-order valence-corrected chi connectivity index (χ1v) is 3.53. The second kappa shape index (κ2) is 1.87. The van der Waals surface area contributed by atoms with Gasteiger partial charge in [0.15, 0.2) is 0 Å². The molecule has 0 aliphatic heterocycles. The van der Waals surface area contributed by atoms with Crippen molar-refractivity contribution in [1.82, 2.24) is 0 Å². The predicted molar refractivity (Wildman–Crippen MR) is 7.76 cm³/mol. The molecule has 8 heavy (non-hydrogen) atoms. The van der Waals surface area contributed by atoms with Gasteiger partial charge in [0.2, 0.25) is 0 Å². The molecule has 0 aromatic rings. The topological polar surface area (TPSA) is 0 Å². The molecule has 0 radical (unpaired) electrons. The summed E-state index contributed by atoms with van der Waals surface area (Å²) in [5.41, 5.74) is 0. The molecule has 0 atom stereocenters. The molecule has 0 N–H and O–H groups in total. The summed E-state index contributed by atoms with van der Waals surface area (Å²) in [6, 6.07) is 0. The third-order valence-electron chi connectivity index (χ3n) is 0. The van der Waals surface area contributed by atoms with Crippen LogP contribution in [0, 0.1) is 0 Å². The van der Waals surface area contributed by atoms with Crippen molar-refractivity contribution in [2.45, 2.75) is 0 Å². The van der Waals surface area contributed by atoms with Crippen molar-refractivity contribution in [3.8, 4) is 0 Å². The van der Waals surface area contributed by atoms with Crippen LogP contribution in [0.1, 0.15) is 1.43 Å². The standard InChI is InChI=1S/6FH.K.Mn.H/h6*1H;;;/q;;;;;;+1;+6;-1/p-6. The fourth-order valence-corrected chi connectivity index (χ4v) is 0. The summed E-state index contributed by atoms with van der Waals surface area (Å²) in [6.07, 6.45) is 0. The van der Waals surface area contributed by atoms with Crippen molar-refractivity contribution in [2.75, 3.05) is 0 Å². The van der Waals surface area contributed by atoms with E-state index in [1.807, 2.05) is 0 Å². The number of rotatable bonds is 0. The first-order chi connectivity index (χ1) is 2.45. The second-order valence-corrected chi connectivity index (χ2v) is 3.34. The van der Waals surface area contributed by atoms with E-state index < -0.39 is 13.5 Å². The van der Waals surface area contributed by atoms with Crippen LogP contribution < -0.4 is 51.4 Å². The molecule has 51 valence electrons. The normalized spacial score (nSPS) is 20.2. The first-order valence-electron chi connectivity index (χ1n) is 0.857. The zero-order chi connectivity index (χ0) is 6.41. The third-order valence-corrected chi connectivity index (χ3v) is 0. The van der Waals surface area contributed by atoms with Crippen LogP contribution in [0.25, 0.3) is 0 Å². The van der Waals surface area contributed by atoms with E-state index in [1.54, 1.807) is 0 Å². The molecular weight excluding hydrogens is 208 g/mol. The predicted octanol–water partition coefficient (Wildman–Crippen LogP) is -0.365. The van der Waals surface area contributed by atoms with Crippen LogP contribution in [0.2, 0.25) is 0 Å². The molecule has 0 nitrogen and oxygen atoms in total. The minimum Gasteiger partial charge on any atom is -1.00 e. The van der Waals surface area contributed by atoms with Crippen molar-refractivity contribution < 1.29 is 87.6 Å². The summed E-state index contributed by atoms with van der Waals surface area (Å²) in [4.78, 5) is 0. The number of halogens is 6. The van der Waals surface area contributed by atoms with Crippen LogP contribution in [0.5, 0.6) is 0 Å². The monoisotopic (exact) mass is 209 g/mol. The molecule has 0 heterocycles. The Morgan fingerprint density at radius 3 is 0.750 bits per heavy atom. The van der Waals surface area contributed by atoms with E-state index in [4.69, 9.17) is 0 Å². The molecule has 0 aliphatic carbocycles. The van der Waals surface area contributed by atoms with Gasteiger partial charge in [-0.1, -0.05) is 0 Å². The minimum atomic E-state index is -10.9. The summed E-state index contributed by atoms with van der Waals surface area (Å²) < 4.78 is 59.3. The van der Waals surface area contributed by atoms with Gasteiger partial charge in [-0.25, -0.2) is 0 Å². The van der Waals surface area contributed by atoms with Gasteiger partial charge < -0.3 is 1.43 Å². The zero-order valence-electron chi connectivity index (χ0n) is 4.65. The summed E-state index contributed by atoms with van der Waals surface area (Å²) in [5.74, 6) is 0. The van der Waals surface area contributed by atoms with Gasteiger partial charge in [0.25, 0.3) is 0 Å². The van der Waals surface area contributed by atoms with E-state index in [1.165, 1.54) is 0 Å². The minimum absolute atomic E-state index is 0. The molecule has 0 aliphatic rings. The molecular formula is HF6KMn. The van der Waals surface area contributed by atoms with E-state index in [2.05, 4.69) is 0 Å². The second-order valence-electron chi connectivity index (χ2n) is 0.810. The van der Waals surface area contributed by atoms with Crippen LogP contribution in [-0.2, 0) is 13.5 Å². The average molecular weight is 209 g/mol. The summed E-state index contributed by atoms with van der Waals surface area (Å²) in [6.45, 7) is 0. The maximum atomic E-state index is 9.89. The number of hydrogen-bond donors (Lipinski definition) is 0. The van der Waals surface area contributed by atoms with Gasteiger partial charge in [0.05, 0.1) is 0 Å². The average Bonchev–Trinajstić information content (AvgIpc) is 0.592. The fourth-order valence-electron chi connectivity index (χ4n) is 0. The summed E-state index contributed by atoms with van der Waals surface area (Å²) in [5, 5.41) is 0. The Kier molecular flexibility index (Phi) is 2.90. The van der Waals surface area contributed by atoms with Gasteiger partial charge in [0, 0.05) is 0 Å². The van der Waals surface area contributed by atoms with Crippen molar-refractivity contribution in [3.63, 3.8) is 0 Å². The smallest absolute Gasteiger partial charge is 1.00 e. The van der Waals surface area contributed by atoms with Crippen molar-refractivity contribution in [3.05, 3.63) is 0 Å². The SMILES string of the molecule is [F][Mn]([F])([F])([F])([F])[F].[H-].[K+]. The van der Waals surface area contributed by atoms with E-state index in [9.17, 15) is 21.3 Å². The van der Waals surface area contributed by atoms with Gasteiger partial charge in [-0.2, -0.15) is 0 Å². The van der Waals surface area contributed by atoms with Crippen LogP contribution in [0.4, 0.5) is 21.3 Å². The van der Waals surface area contributed by atoms with Crippen LogP contribution in [0.3, 0.4) is 0 Å². The van der Waals surface area contributed by atoms with Crippen LogP contribution in [0.15, 0.2) is 0 Å². The summed E-state index contributed by atoms with van der Waals surface area (Å²) in [7, 11) is 0. The summed E-state index contributed by atoms with van der Waals surface area (Å²) >= 11 is -10.9. The molecule has 0 aromatic carbocycles. The quantitative estimate of drug-likeness (QED) is 0.377. The maximum Gasteiger partial charge on any atom is 1.00 e. The molecule has 8 heteroatoms. The molecule has 0 fully saturated rings. The molecule has 0 bridgehead atoms. The Morgan fingerprint density at radius 1 is 0.750 bits per heavy atom. The Hall–Kier alpha value is 1.74.